The van der Waals surface area contributed by atoms with Crippen LogP contribution in [0.1, 0.15) is 41.9 Å². The van der Waals surface area contributed by atoms with E-state index in [1.807, 2.05) is 58.0 Å². The summed E-state index contributed by atoms with van der Waals surface area (Å²) in [5.41, 5.74) is 8.92. The average molecular weight is 533 g/mol. The van der Waals surface area contributed by atoms with Crippen LogP contribution in [0, 0.1) is 0 Å². The Labute approximate surface area is 225 Å². The third-order valence-electron chi connectivity index (χ3n) is 8.06. The van der Waals surface area contributed by atoms with Crippen molar-refractivity contribution < 1.29 is 14.1 Å². The highest BCUT2D eigenvalue weighted by molar-refractivity contribution is 6.30. The normalized spacial score (nSPS) is 21.4. The number of hydrogen-bond donors (Lipinski definition) is 1. The fourth-order valence-corrected chi connectivity index (χ4v) is 6.01. The van der Waals surface area contributed by atoms with Gasteiger partial charge < -0.3 is 19.9 Å². The van der Waals surface area contributed by atoms with Crippen LogP contribution in [0.3, 0.4) is 0 Å². The lowest BCUT2D eigenvalue weighted by Gasteiger charge is -2.44. The summed E-state index contributed by atoms with van der Waals surface area (Å²) >= 11 is 6.27. The van der Waals surface area contributed by atoms with Gasteiger partial charge in [0, 0.05) is 47.7 Å². The van der Waals surface area contributed by atoms with Crippen molar-refractivity contribution >= 4 is 17.5 Å². The van der Waals surface area contributed by atoms with E-state index in [4.69, 9.17) is 26.6 Å². The second-order valence-electron chi connectivity index (χ2n) is 10.0. The van der Waals surface area contributed by atoms with Gasteiger partial charge in [-0.1, -0.05) is 28.9 Å². The first-order chi connectivity index (χ1) is 18.5. The SMILES string of the molecule is COc1ccc(-c2cc(-c3nnc4n3CCN([C@H]3CC[C@@](CN)(c5cccc(Cl)c5)CC3)C4=O)on2)cc1. The molecule has 1 aliphatic carbocycles. The highest BCUT2D eigenvalue weighted by Crippen LogP contribution is 2.41. The third-order valence-corrected chi connectivity index (χ3v) is 8.30. The summed E-state index contributed by atoms with van der Waals surface area (Å²) in [7, 11) is 1.63. The quantitative estimate of drug-likeness (QED) is 0.387. The van der Waals surface area contributed by atoms with Gasteiger partial charge in [0.2, 0.25) is 17.4 Å². The summed E-state index contributed by atoms with van der Waals surface area (Å²) in [6.07, 6.45) is 3.57. The Morgan fingerprint density at radius 3 is 2.55 bits per heavy atom. The van der Waals surface area contributed by atoms with Crippen molar-refractivity contribution in [3.05, 3.63) is 71.0 Å². The monoisotopic (exact) mass is 532 g/mol. The molecule has 0 radical (unpaired) electrons. The highest BCUT2D eigenvalue weighted by Gasteiger charge is 2.41. The van der Waals surface area contributed by atoms with Crippen molar-refractivity contribution in [2.75, 3.05) is 20.2 Å². The van der Waals surface area contributed by atoms with Crippen LogP contribution >= 0.6 is 11.6 Å². The summed E-state index contributed by atoms with van der Waals surface area (Å²) in [5.74, 6) is 1.98. The average Bonchev–Trinajstić information content (AvgIpc) is 3.61. The van der Waals surface area contributed by atoms with Crippen LogP contribution in [0.2, 0.25) is 5.02 Å². The van der Waals surface area contributed by atoms with E-state index in [0.29, 0.717) is 42.7 Å². The summed E-state index contributed by atoms with van der Waals surface area (Å²) in [6.45, 7) is 1.74. The van der Waals surface area contributed by atoms with Gasteiger partial charge in [0.05, 0.1) is 7.11 Å². The van der Waals surface area contributed by atoms with E-state index in [9.17, 15) is 4.79 Å². The minimum absolute atomic E-state index is 0.0992. The van der Waals surface area contributed by atoms with Gasteiger partial charge in [0.1, 0.15) is 11.4 Å². The maximum absolute atomic E-state index is 13.5. The van der Waals surface area contributed by atoms with Gasteiger partial charge in [-0.3, -0.25) is 9.36 Å². The molecule has 38 heavy (non-hydrogen) atoms. The minimum atomic E-state index is -0.110. The van der Waals surface area contributed by atoms with Crippen LogP contribution < -0.4 is 10.5 Å². The predicted molar refractivity (Wildman–Crippen MR) is 143 cm³/mol. The summed E-state index contributed by atoms with van der Waals surface area (Å²) in [4.78, 5) is 15.4. The number of carbonyl (C=O) groups is 1. The van der Waals surface area contributed by atoms with E-state index >= 15 is 0 Å². The number of fused-ring (bicyclic) bond motifs is 1. The molecule has 1 amide bonds. The number of methoxy groups -OCH3 is 1. The van der Waals surface area contributed by atoms with Crippen LogP contribution in [-0.2, 0) is 12.0 Å². The zero-order valence-corrected chi connectivity index (χ0v) is 21.9. The van der Waals surface area contributed by atoms with Crippen molar-refractivity contribution in [3.8, 4) is 28.6 Å². The highest BCUT2D eigenvalue weighted by atomic mass is 35.5. The van der Waals surface area contributed by atoms with E-state index in [2.05, 4.69) is 21.4 Å². The van der Waals surface area contributed by atoms with E-state index in [-0.39, 0.29) is 17.4 Å². The van der Waals surface area contributed by atoms with Crippen LogP contribution in [0.4, 0.5) is 0 Å². The lowest BCUT2D eigenvalue weighted by molar-refractivity contribution is 0.0523. The van der Waals surface area contributed by atoms with Crippen LogP contribution in [0.15, 0.2) is 59.1 Å². The summed E-state index contributed by atoms with van der Waals surface area (Å²) < 4.78 is 12.7. The van der Waals surface area contributed by atoms with Crippen molar-refractivity contribution in [2.24, 2.45) is 5.73 Å². The molecule has 4 aromatic rings. The third kappa shape index (κ3) is 4.25. The fourth-order valence-electron chi connectivity index (χ4n) is 5.82. The van der Waals surface area contributed by atoms with Gasteiger partial charge in [-0.2, -0.15) is 0 Å². The molecule has 0 unspecified atom stereocenters. The Hall–Kier alpha value is -3.69. The molecule has 2 aromatic heterocycles. The molecule has 2 aromatic carbocycles. The van der Waals surface area contributed by atoms with Crippen LogP contribution in [0.5, 0.6) is 5.75 Å². The van der Waals surface area contributed by atoms with E-state index in [1.165, 1.54) is 5.56 Å². The van der Waals surface area contributed by atoms with Crippen LogP contribution in [-0.4, -0.2) is 57.0 Å². The largest absolute Gasteiger partial charge is 0.497 e. The first-order valence-corrected chi connectivity index (χ1v) is 13.2. The molecule has 2 aliphatic rings. The number of hydrogen-bond acceptors (Lipinski definition) is 7. The molecular formula is C28H29ClN6O3. The maximum atomic E-state index is 13.5. The van der Waals surface area contributed by atoms with Crippen molar-refractivity contribution in [1.29, 1.82) is 0 Å². The lowest BCUT2D eigenvalue weighted by atomic mass is 9.68. The zero-order chi connectivity index (χ0) is 26.3. The van der Waals surface area contributed by atoms with E-state index in [0.717, 1.165) is 42.0 Å². The second-order valence-corrected chi connectivity index (χ2v) is 10.5. The molecule has 1 aliphatic heterocycles. The molecule has 0 atom stereocenters. The fraction of sp³-hybridized carbons (Fsp3) is 0.357. The minimum Gasteiger partial charge on any atom is -0.497 e. The number of aromatic nitrogens is 4. The molecular weight excluding hydrogens is 504 g/mol. The molecule has 1 fully saturated rings. The van der Waals surface area contributed by atoms with E-state index in [1.54, 1.807) is 7.11 Å². The number of rotatable bonds is 6. The van der Waals surface area contributed by atoms with Crippen molar-refractivity contribution in [1.82, 2.24) is 24.8 Å². The molecule has 3 heterocycles. The second kappa shape index (κ2) is 9.89. The Morgan fingerprint density at radius 1 is 1.08 bits per heavy atom. The topological polar surface area (TPSA) is 112 Å². The summed E-state index contributed by atoms with van der Waals surface area (Å²) in [5, 5.41) is 13.5. The number of nitrogens with two attached hydrogens (primary N) is 1. The molecule has 0 spiro atoms. The Balaban J connectivity index is 1.18. The predicted octanol–water partition coefficient (Wildman–Crippen LogP) is 4.56. The number of halogens is 1. The first-order valence-electron chi connectivity index (χ1n) is 12.8. The number of ether oxygens (including phenoxy) is 1. The number of nitrogens with zero attached hydrogens (tertiary/aromatic N) is 5. The van der Waals surface area contributed by atoms with Crippen LogP contribution in [0.25, 0.3) is 22.8 Å². The molecule has 9 nitrogen and oxygen atoms in total. The standard InChI is InChI=1S/C28H29ClN6O3/c1-37-22-7-5-18(6-8-22)23-16-24(38-33-23)25-31-32-26-27(36)34(13-14-35(25)26)21-9-11-28(17-30,12-10-21)19-3-2-4-20(29)15-19/h2-8,15-16,21H,9-14,17,30H2,1H3/t21-,28+. The van der Waals surface area contributed by atoms with Gasteiger partial charge in [-0.15, -0.1) is 10.2 Å². The Morgan fingerprint density at radius 2 is 1.84 bits per heavy atom. The molecule has 1 saturated carbocycles. The molecule has 196 valence electrons. The number of amides is 1. The van der Waals surface area contributed by atoms with Gasteiger partial charge >= 0.3 is 0 Å². The van der Waals surface area contributed by atoms with Crippen molar-refractivity contribution in [2.45, 2.75) is 43.7 Å². The molecule has 6 rings (SSSR count). The van der Waals surface area contributed by atoms with Gasteiger partial charge in [-0.25, -0.2) is 0 Å². The molecule has 2 N–H and O–H groups in total. The molecule has 0 bridgehead atoms. The smallest absolute Gasteiger partial charge is 0.292 e. The molecule has 0 saturated heterocycles. The number of benzene rings is 2. The van der Waals surface area contributed by atoms with Gasteiger partial charge in [-0.05, 0) is 67.6 Å². The van der Waals surface area contributed by atoms with E-state index < -0.39 is 0 Å². The Bertz CT molecular complexity index is 1460. The van der Waals surface area contributed by atoms with Crippen molar-refractivity contribution in [3.63, 3.8) is 0 Å². The number of carbonyl (C=O) groups excluding carboxylic acids is 1. The maximum Gasteiger partial charge on any atom is 0.292 e. The lowest BCUT2D eigenvalue weighted by Crippen LogP contribution is -2.50. The first kappa shape index (κ1) is 24.6. The Kier molecular flexibility index (Phi) is 6.41. The molecule has 10 heteroatoms. The summed E-state index contributed by atoms with van der Waals surface area (Å²) in [6, 6.07) is 17.5. The zero-order valence-electron chi connectivity index (χ0n) is 21.1. The van der Waals surface area contributed by atoms with Gasteiger partial charge in [0.15, 0.2) is 0 Å². The van der Waals surface area contributed by atoms with Gasteiger partial charge in [0.25, 0.3) is 5.91 Å².